The number of furan rings is 1. The van der Waals surface area contributed by atoms with Crippen LogP contribution in [0.25, 0.3) is 0 Å². The third kappa shape index (κ3) is 6.58. The van der Waals surface area contributed by atoms with E-state index in [1.165, 1.54) is 16.6 Å². The highest BCUT2D eigenvalue weighted by Crippen LogP contribution is 2.20. The van der Waals surface area contributed by atoms with Crippen molar-refractivity contribution in [3.05, 3.63) is 89.9 Å². The molecule has 0 radical (unpaired) electrons. The van der Waals surface area contributed by atoms with Crippen LogP contribution in [0.1, 0.15) is 48.5 Å². The maximum absolute atomic E-state index is 13.2. The SMILES string of the molecule is CCN(CC)S(=O)(=O)c1ccc(C(C)NC(=O)C(Cc2ccccc2)NC(=O)c2ccco2)cc1. The average molecular weight is 498 g/mol. The molecule has 0 aliphatic carbocycles. The van der Waals surface area contributed by atoms with Crippen LogP contribution in [0.3, 0.4) is 0 Å². The summed E-state index contributed by atoms with van der Waals surface area (Å²) in [5, 5.41) is 5.68. The molecule has 2 aromatic carbocycles. The Balaban J connectivity index is 1.74. The van der Waals surface area contributed by atoms with Gasteiger partial charge in [0.25, 0.3) is 5.91 Å². The quantitative estimate of drug-likeness (QED) is 0.421. The molecule has 2 N–H and O–H groups in total. The lowest BCUT2D eigenvalue weighted by molar-refractivity contribution is -0.123. The van der Waals surface area contributed by atoms with Gasteiger partial charge in [-0.15, -0.1) is 0 Å². The molecule has 1 aromatic heterocycles. The first-order valence-electron chi connectivity index (χ1n) is 11.5. The number of hydrogen-bond donors (Lipinski definition) is 2. The van der Waals surface area contributed by atoms with E-state index in [1.807, 2.05) is 30.3 Å². The fourth-order valence-corrected chi connectivity index (χ4v) is 5.19. The van der Waals surface area contributed by atoms with Crippen LogP contribution in [0, 0.1) is 0 Å². The summed E-state index contributed by atoms with van der Waals surface area (Å²) in [6, 6.07) is 17.8. The van der Waals surface area contributed by atoms with Gasteiger partial charge in [-0.3, -0.25) is 9.59 Å². The van der Waals surface area contributed by atoms with Crippen LogP contribution in [0.15, 0.2) is 82.3 Å². The van der Waals surface area contributed by atoms with Crippen molar-refractivity contribution >= 4 is 21.8 Å². The topological polar surface area (TPSA) is 109 Å². The third-order valence-electron chi connectivity index (χ3n) is 5.73. The molecule has 2 atom stereocenters. The number of rotatable bonds is 11. The molecule has 3 rings (SSSR count). The van der Waals surface area contributed by atoms with Crippen LogP contribution in [-0.2, 0) is 21.2 Å². The van der Waals surface area contributed by atoms with Crippen LogP contribution in [0.2, 0.25) is 0 Å². The summed E-state index contributed by atoms with van der Waals surface area (Å²) < 4.78 is 32.0. The standard InChI is InChI=1S/C26H31N3O5S/c1-4-29(5-2)35(32,33)22-15-13-21(14-16-22)19(3)27-25(30)23(18-20-10-7-6-8-11-20)28-26(31)24-12-9-17-34-24/h6-17,19,23H,4-5,18H2,1-3H3,(H,27,30)(H,28,31). The maximum Gasteiger partial charge on any atom is 0.287 e. The predicted octanol–water partition coefficient (Wildman–Crippen LogP) is 3.53. The summed E-state index contributed by atoms with van der Waals surface area (Å²) >= 11 is 0. The Bertz CT molecular complexity index is 1210. The smallest absolute Gasteiger partial charge is 0.287 e. The molecular weight excluding hydrogens is 466 g/mol. The first-order chi connectivity index (χ1) is 16.8. The second-order valence-corrected chi connectivity index (χ2v) is 10.0. The Kier molecular flexibility index (Phi) is 8.84. The third-order valence-corrected chi connectivity index (χ3v) is 7.80. The summed E-state index contributed by atoms with van der Waals surface area (Å²) in [6.07, 6.45) is 1.69. The van der Waals surface area contributed by atoms with Crippen molar-refractivity contribution in [1.29, 1.82) is 0 Å². The summed E-state index contributed by atoms with van der Waals surface area (Å²) in [4.78, 5) is 25.9. The van der Waals surface area contributed by atoms with Crippen molar-refractivity contribution < 1.29 is 22.4 Å². The Morgan fingerprint density at radius 3 is 2.14 bits per heavy atom. The Morgan fingerprint density at radius 2 is 1.57 bits per heavy atom. The number of hydrogen-bond acceptors (Lipinski definition) is 5. The minimum atomic E-state index is -3.56. The number of sulfonamides is 1. The second kappa shape index (κ2) is 11.8. The first kappa shape index (κ1) is 26.2. The van der Waals surface area contributed by atoms with Gasteiger partial charge in [0.1, 0.15) is 6.04 Å². The minimum absolute atomic E-state index is 0.119. The largest absolute Gasteiger partial charge is 0.459 e. The van der Waals surface area contributed by atoms with E-state index < -0.39 is 28.0 Å². The van der Waals surface area contributed by atoms with Crippen molar-refractivity contribution in [3.63, 3.8) is 0 Å². The number of carbonyl (C=O) groups is 2. The molecular formula is C26H31N3O5S. The van der Waals surface area contributed by atoms with E-state index in [-0.39, 0.29) is 16.6 Å². The van der Waals surface area contributed by atoms with E-state index in [1.54, 1.807) is 51.1 Å². The fourth-order valence-electron chi connectivity index (χ4n) is 3.73. The molecule has 0 aliphatic rings. The molecule has 0 saturated heterocycles. The van der Waals surface area contributed by atoms with E-state index in [2.05, 4.69) is 10.6 Å². The van der Waals surface area contributed by atoms with Crippen LogP contribution in [-0.4, -0.2) is 43.7 Å². The lowest BCUT2D eigenvalue weighted by Crippen LogP contribution is -2.48. The van der Waals surface area contributed by atoms with Crippen molar-refractivity contribution in [1.82, 2.24) is 14.9 Å². The van der Waals surface area contributed by atoms with E-state index >= 15 is 0 Å². The molecule has 2 amide bonds. The molecule has 9 heteroatoms. The highest BCUT2D eigenvalue weighted by molar-refractivity contribution is 7.89. The molecule has 0 spiro atoms. The summed E-state index contributed by atoms with van der Waals surface area (Å²) in [7, 11) is -3.56. The van der Waals surface area contributed by atoms with Gasteiger partial charge in [-0.05, 0) is 42.3 Å². The van der Waals surface area contributed by atoms with Crippen molar-refractivity contribution in [3.8, 4) is 0 Å². The monoisotopic (exact) mass is 497 g/mol. The Morgan fingerprint density at radius 1 is 0.914 bits per heavy atom. The molecule has 0 saturated carbocycles. The average Bonchev–Trinajstić information content (AvgIpc) is 3.40. The lowest BCUT2D eigenvalue weighted by atomic mass is 10.0. The van der Waals surface area contributed by atoms with Gasteiger partial charge in [0, 0.05) is 19.5 Å². The van der Waals surface area contributed by atoms with Gasteiger partial charge in [-0.1, -0.05) is 56.3 Å². The van der Waals surface area contributed by atoms with Gasteiger partial charge in [-0.25, -0.2) is 8.42 Å². The summed E-state index contributed by atoms with van der Waals surface area (Å²) in [5.74, 6) is -0.722. The Hall–Kier alpha value is -3.43. The number of amides is 2. The van der Waals surface area contributed by atoms with E-state index in [0.717, 1.165) is 11.1 Å². The van der Waals surface area contributed by atoms with Crippen molar-refractivity contribution in [2.75, 3.05) is 13.1 Å². The normalized spacial score (nSPS) is 13.3. The molecule has 0 bridgehead atoms. The molecule has 8 nitrogen and oxygen atoms in total. The summed E-state index contributed by atoms with van der Waals surface area (Å²) in [5.41, 5.74) is 1.64. The molecule has 0 fully saturated rings. The number of benzene rings is 2. The van der Waals surface area contributed by atoms with Gasteiger partial charge in [-0.2, -0.15) is 4.31 Å². The van der Waals surface area contributed by atoms with Crippen LogP contribution in [0.4, 0.5) is 0 Å². The first-order valence-corrected chi connectivity index (χ1v) is 13.0. The highest BCUT2D eigenvalue weighted by atomic mass is 32.2. The number of nitrogens with one attached hydrogen (secondary N) is 2. The molecule has 0 aliphatic heterocycles. The van der Waals surface area contributed by atoms with E-state index in [0.29, 0.717) is 19.5 Å². The van der Waals surface area contributed by atoms with E-state index in [9.17, 15) is 18.0 Å². The zero-order valence-corrected chi connectivity index (χ0v) is 20.9. The van der Waals surface area contributed by atoms with Gasteiger partial charge >= 0.3 is 0 Å². The van der Waals surface area contributed by atoms with Gasteiger partial charge in [0.15, 0.2) is 5.76 Å². The summed E-state index contributed by atoms with van der Waals surface area (Å²) in [6.45, 7) is 6.17. The van der Waals surface area contributed by atoms with Gasteiger partial charge in [0.05, 0.1) is 17.2 Å². The molecule has 186 valence electrons. The van der Waals surface area contributed by atoms with Gasteiger partial charge < -0.3 is 15.1 Å². The Labute approximate surface area is 206 Å². The number of nitrogens with zero attached hydrogens (tertiary/aromatic N) is 1. The number of carbonyl (C=O) groups excluding carboxylic acids is 2. The minimum Gasteiger partial charge on any atom is -0.459 e. The van der Waals surface area contributed by atoms with Crippen LogP contribution >= 0.6 is 0 Å². The van der Waals surface area contributed by atoms with Crippen LogP contribution < -0.4 is 10.6 Å². The second-order valence-electron chi connectivity index (χ2n) is 8.08. The van der Waals surface area contributed by atoms with E-state index in [4.69, 9.17) is 4.42 Å². The lowest BCUT2D eigenvalue weighted by Gasteiger charge is -2.22. The van der Waals surface area contributed by atoms with Crippen molar-refractivity contribution in [2.24, 2.45) is 0 Å². The molecule has 1 heterocycles. The fraction of sp³-hybridized carbons (Fsp3) is 0.308. The predicted molar refractivity (Wildman–Crippen MR) is 133 cm³/mol. The molecule has 2 unspecified atom stereocenters. The molecule has 35 heavy (non-hydrogen) atoms. The highest BCUT2D eigenvalue weighted by Gasteiger charge is 2.25. The maximum atomic E-state index is 13.2. The van der Waals surface area contributed by atoms with Gasteiger partial charge in [0.2, 0.25) is 15.9 Å². The molecule has 3 aromatic rings. The van der Waals surface area contributed by atoms with Crippen molar-refractivity contribution in [2.45, 2.75) is 44.2 Å². The van der Waals surface area contributed by atoms with Crippen LogP contribution in [0.5, 0.6) is 0 Å². The zero-order valence-electron chi connectivity index (χ0n) is 20.1. The zero-order chi connectivity index (χ0) is 25.4.